The van der Waals surface area contributed by atoms with E-state index in [9.17, 15) is 0 Å². The molecule has 3 nitrogen and oxygen atoms in total. The van der Waals surface area contributed by atoms with Crippen molar-refractivity contribution in [2.75, 3.05) is 4.90 Å². The summed E-state index contributed by atoms with van der Waals surface area (Å²) in [5, 5.41) is 14.6. The minimum absolute atomic E-state index is 0.422. The third kappa shape index (κ3) is 4.45. The summed E-state index contributed by atoms with van der Waals surface area (Å²) >= 11 is 0. The molecule has 8 rings (SSSR count). The van der Waals surface area contributed by atoms with Crippen molar-refractivity contribution < 1.29 is 0 Å². The molecular weight excluding hydrogens is 575 g/mol. The van der Waals surface area contributed by atoms with Crippen molar-refractivity contribution in [2.24, 2.45) is 0 Å². The summed E-state index contributed by atoms with van der Waals surface area (Å²) in [5.41, 5.74) is 8.35. The fourth-order valence-corrected chi connectivity index (χ4v) is 12.1. The highest BCUT2D eigenvalue weighted by Crippen LogP contribution is 2.39. The molecule has 6 aromatic carbocycles. The average Bonchev–Trinajstić information content (AvgIpc) is 3.15. The van der Waals surface area contributed by atoms with Crippen molar-refractivity contribution >= 4 is 45.9 Å². The number of fused-ring (bicyclic) bond motifs is 2. The van der Waals surface area contributed by atoms with Crippen LogP contribution in [-0.2, 0) is 0 Å². The van der Waals surface area contributed by atoms with E-state index in [4.69, 9.17) is 5.26 Å². The highest BCUT2D eigenvalue weighted by atomic mass is 28.3. The third-order valence-corrected chi connectivity index (χ3v) is 13.9. The van der Waals surface area contributed by atoms with Crippen LogP contribution in [0.5, 0.6) is 0 Å². The number of nitrogens with zero attached hydrogens (tertiary/aromatic N) is 3. The molecule has 0 fully saturated rings. The number of nitriles is 1. The van der Waals surface area contributed by atoms with Crippen molar-refractivity contribution in [1.82, 2.24) is 4.98 Å². The van der Waals surface area contributed by atoms with Gasteiger partial charge in [-0.3, -0.25) is 0 Å². The smallest absolute Gasteiger partial charge is 0.184 e. The Balaban J connectivity index is 1.28. The van der Waals surface area contributed by atoms with Crippen LogP contribution in [0.2, 0.25) is 0 Å². The van der Waals surface area contributed by atoms with Gasteiger partial charge < -0.3 is 4.90 Å². The van der Waals surface area contributed by atoms with Gasteiger partial charge in [0.25, 0.3) is 0 Å². The average molecular weight is 604 g/mol. The lowest BCUT2D eigenvalue weighted by Gasteiger charge is -2.45. The molecule has 1 aliphatic rings. The van der Waals surface area contributed by atoms with Crippen molar-refractivity contribution in [1.29, 1.82) is 5.26 Å². The number of benzene rings is 6. The van der Waals surface area contributed by atoms with Crippen LogP contribution in [0.3, 0.4) is 0 Å². The normalized spacial score (nSPS) is 12.9. The first kappa shape index (κ1) is 27.5. The van der Waals surface area contributed by atoms with Gasteiger partial charge in [0.2, 0.25) is 0 Å². The molecule has 4 heteroatoms. The molecule has 0 amide bonds. The highest BCUT2D eigenvalue weighted by molar-refractivity contribution is 7.21. The van der Waals surface area contributed by atoms with Crippen LogP contribution in [0.1, 0.15) is 5.69 Å². The van der Waals surface area contributed by atoms with Crippen LogP contribution in [0, 0.1) is 11.3 Å². The summed E-state index contributed by atoms with van der Waals surface area (Å²) in [6, 6.07) is 63.4. The van der Waals surface area contributed by atoms with Crippen LogP contribution in [0.25, 0.3) is 22.3 Å². The van der Waals surface area contributed by atoms with Gasteiger partial charge in [0, 0.05) is 28.8 Å². The maximum atomic E-state index is 9.10. The summed E-state index contributed by atoms with van der Waals surface area (Å²) in [6.07, 6.45) is 1.76. The molecule has 0 N–H and O–H groups in total. The molecule has 7 aromatic rings. The van der Waals surface area contributed by atoms with E-state index in [0.717, 1.165) is 27.9 Å². The Hall–Kier alpha value is -6.02. The van der Waals surface area contributed by atoms with E-state index in [1.54, 1.807) is 12.3 Å². The van der Waals surface area contributed by atoms with E-state index >= 15 is 0 Å². The number of hydrogen-bond donors (Lipinski definition) is 0. The van der Waals surface area contributed by atoms with Gasteiger partial charge in [-0.05, 0) is 73.8 Å². The second-order valence-corrected chi connectivity index (χ2v) is 15.3. The second kappa shape index (κ2) is 11.5. The second-order valence-electron chi connectivity index (χ2n) is 11.5. The number of para-hydroxylation sites is 2. The van der Waals surface area contributed by atoms with Crippen LogP contribution in [0.15, 0.2) is 176 Å². The molecule has 0 saturated heterocycles. The van der Waals surface area contributed by atoms with Gasteiger partial charge >= 0.3 is 0 Å². The minimum Gasteiger partial charge on any atom is -0.311 e. The molecule has 0 unspecified atom stereocenters. The summed E-state index contributed by atoms with van der Waals surface area (Å²) in [5.74, 6) is 0. The Morgan fingerprint density at radius 1 is 0.478 bits per heavy atom. The van der Waals surface area contributed by atoms with Gasteiger partial charge in [-0.2, -0.15) is 5.26 Å². The molecule has 0 bridgehead atoms. The van der Waals surface area contributed by atoms with Gasteiger partial charge in [0.1, 0.15) is 11.8 Å². The summed E-state index contributed by atoms with van der Waals surface area (Å²) in [4.78, 5) is 6.69. The lowest BCUT2D eigenvalue weighted by molar-refractivity contribution is 1.26. The monoisotopic (exact) mass is 603 g/mol. The van der Waals surface area contributed by atoms with Crippen LogP contribution >= 0.6 is 0 Å². The number of rotatable bonds is 5. The Morgan fingerprint density at radius 3 is 1.54 bits per heavy atom. The summed E-state index contributed by atoms with van der Waals surface area (Å²) in [6.45, 7) is 0. The first-order valence-electron chi connectivity index (χ1n) is 15.4. The predicted octanol–water partition coefficient (Wildman–Crippen LogP) is 7.45. The van der Waals surface area contributed by atoms with Crippen molar-refractivity contribution in [3.63, 3.8) is 0 Å². The molecule has 1 aromatic heterocycles. The molecular formula is C42H29N3Si. The van der Waals surface area contributed by atoms with Gasteiger partial charge in [0.15, 0.2) is 8.07 Å². The standard InChI is InChI=1S/C42H29N3Si/c43-29-35-27-26-34(30-44-35)32-24-22-31(23-25-32)33-12-11-13-36(28-33)45-39-18-7-9-20-41(39)46(37-14-3-1-4-15-37,38-16-5-2-6-17-38)42-21-10-8-19-40(42)45/h1-28,30H. The lowest BCUT2D eigenvalue weighted by atomic mass is 10.0. The number of pyridine rings is 1. The Labute approximate surface area is 270 Å². The molecule has 2 heterocycles. The topological polar surface area (TPSA) is 39.9 Å². The molecule has 0 radical (unpaired) electrons. The Bertz CT molecular complexity index is 2110. The van der Waals surface area contributed by atoms with E-state index in [0.29, 0.717) is 5.69 Å². The molecule has 216 valence electrons. The van der Waals surface area contributed by atoms with Gasteiger partial charge in [-0.25, -0.2) is 4.98 Å². The van der Waals surface area contributed by atoms with Crippen molar-refractivity contribution in [3.8, 4) is 28.3 Å². The largest absolute Gasteiger partial charge is 0.311 e. The molecule has 0 aliphatic carbocycles. The molecule has 0 atom stereocenters. The van der Waals surface area contributed by atoms with E-state index in [1.807, 2.05) is 6.07 Å². The van der Waals surface area contributed by atoms with Gasteiger partial charge in [-0.15, -0.1) is 0 Å². The van der Waals surface area contributed by atoms with Gasteiger partial charge in [-0.1, -0.05) is 133 Å². The van der Waals surface area contributed by atoms with Crippen LogP contribution in [-0.4, -0.2) is 13.1 Å². The zero-order valence-corrected chi connectivity index (χ0v) is 26.1. The predicted molar refractivity (Wildman–Crippen MR) is 192 cm³/mol. The Morgan fingerprint density at radius 2 is 1.00 bits per heavy atom. The number of aromatic nitrogens is 1. The van der Waals surface area contributed by atoms with Crippen LogP contribution < -0.4 is 25.6 Å². The summed E-state index contributed by atoms with van der Waals surface area (Å²) < 4.78 is 0. The zero-order chi connectivity index (χ0) is 30.9. The maximum absolute atomic E-state index is 9.10. The van der Waals surface area contributed by atoms with E-state index in [2.05, 4.69) is 174 Å². The fourth-order valence-electron chi connectivity index (χ4n) is 7.00. The lowest BCUT2D eigenvalue weighted by Crippen LogP contribution is -2.77. The van der Waals surface area contributed by atoms with E-state index < -0.39 is 8.07 Å². The molecule has 0 spiro atoms. The Kier molecular flexibility index (Phi) is 6.87. The maximum Gasteiger partial charge on any atom is 0.184 e. The first-order chi connectivity index (χ1) is 22.8. The minimum atomic E-state index is -2.64. The zero-order valence-electron chi connectivity index (χ0n) is 25.1. The van der Waals surface area contributed by atoms with Crippen LogP contribution in [0.4, 0.5) is 17.1 Å². The third-order valence-electron chi connectivity index (χ3n) is 9.05. The first-order valence-corrected chi connectivity index (χ1v) is 17.4. The van der Waals surface area contributed by atoms with Crippen molar-refractivity contribution in [3.05, 3.63) is 182 Å². The molecule has 0 saturated carbocycles. The van der Waals surface area contributed by atoms with E-state index in [-0.39, 0.29) is 0 Å². The van der Waals surface area contributed by atoms with E-state index in [1.165, 1.54) is 32.1 Å². The number of anilines is 3. The highest BCUT2D eigenvalue weighted by Gasteiger charge is 2.48. The van der Waals surface area contributed by atoms with Gasteiger partial charge in [0.05, 0.1) is 0 Å². The molecule has 46 heavy (non-hydrogen) atoms. The summed E-state index contributed by atoms with van der Waals surface area (Å²) in [7, 11) is -2.64. The van der Waals surface area contributed by atoms with Crippen molar-refractivity contribution in [2.45, 2.75) is 0 Å². The SMILES string of the molecule is N#Cc1ccc(-c2ccc(-c3cccc(N4c5ccccc5[Si](c5ccccc5)(c5ccccc5)c5ccccc54)c3)cc2)cn1. The number of hydrogen-bond acceptors (Lipinski definition) is 3. The molecule has 1 aliphatic heterocycles. The quantitative estimate of drug-likeness (QED) is 0.192. The fraction of sp³-hybridized carbons (Fsp3) is 0.